The fraction of sp³-hybridized carbons (Fsp3) is 0.500. The van der Waals surface area contributed by atoms with Gasteiger partial charge in [-0.3, -0.25) is 14.4 Å². The van der Waals surface area contributed by atoms with E-state index in [0.717, 1.165) is 0 Å². The lowest BCUT2D eigenvalue weighted by Crippen LogP contribution is -2.52. The summed E-state index contributed by atoms with van der Waals surface area (Å²) in [6, 6.07) is 4.59. The number of aliphatic hydroxyl groups excluding tert-OH is 1. The van der Waals surface area contributed by atoms with E-state index >= 15 is 0 Å². The van der Waals surface area contributed by atoms with Crippen LogP contribution >= 0.6 is 0 Å². The Bertz CT molecular complexity index is 767. The van der Waals surface area contributed by atoms with E-state index in [9.17, 15) is 24.3 Å². The number of benzene rings is 1. The van der Waals surface area contributed by atoms with Crippen LogP contribution in [0.15, 0.2) is 24.3 Å². The zero-order valence-electron chi connectivity index (χ0n) is 18.0. The molecular formula is C20H30N4O7. The number of ether oxygens (including phenoxy) is 1. The van der Waals surface area contributed by atoms with E-state index in [1.165, 1.54) is 12.0 Å². The molecule has 0 fully saturated rings. The maximum Gasteiger partial charge on any atom is 0.404 e. The molecule has 0 aliphatic carbocycles. The van der Waals surface area contributed by atoms with Crippen molar-refractivity contribution < 1.29 is 34.1 Å². The van der Waals surface area contributed by atoms with E-state index in [1.807, 2.05) is 0 Å². The van der Waals surface area contributed by atoms with Crippen LogP contribution in [-0.2, 0) is 14.4 Å². The summed E-state index contributed by atoms with van der Waals surface area (Å²) in [5.74, 6) is -1.35. The minimum atomic E-state index is -1.66. The van der Waals surface area contributed by atoms with Crippen molar-refractivity contribution in [2.45, 2.75) is 38.0 Å². The highest BCUT2D eigenvalue weighted by molar-refractivity contribution is 5.91. The Morgan fingerprint density at radius 1 is 1.10 bits per heavy atom. The third-order valence-electron chi connectivity index (χ3n) is 4.42. The fourth-order valence-corrected chi connectivity index (χ4v) is 2.79. The van der Waals surface area contributed by atoms with Gasteiger partial charge in [0, 0.05) is 14.1 Å². The van der Waals surface area contributed by atoms with E-state index in [4.69, 9.17) is 9.84 Å². The number of aliphatic hydroxyl groups is 1. The molecule has 31 heavy (non-hydrogen) atoms. The van der Waals surface area contributed by atoms with E-state index in [-0.39, 0.29) is 12.3 Å². The van der Waals surface area contributed by atoms with Crippen molar-refractivity contribution >= 4 is 23.8 Å². The van der Waals surface area contributed by atoms with Crippen molar-refractivity contribution in [2.24, 2.45) is 0 Å². The Morgan fingerprint density at radius 2 is 1.71 bits per heavy atom. The molecule has 4 amide bonds. The van der Waals surface area contributed by atoms with Gasteiger partial charge in [0.05, 0.1) is 19.7 Å². The lowest BCUT2D eigenvalue weighted by molar-refractivity contribution is -0.135. The molecule has 0 aliphatic heterocycles. The largest absolute Gasteiger partial charge is 0.497 e. The summed E-state index contributed by atoms with van der Waals surface area (Å²) < 4.78 is 5.09. The molecule has 5 N–H and O–H groups in total. The third-order valence-corrected chi connectivity index (χ3v) is 4.42. The van der Waals surface area contributed by atoms with Crippen LogP contribution in [0.4, 0.5) is 4.79 Å². The molecule has 0 bridgehead atoms. The van der Waals surface area contributed by atoms with Gasteiger partial charge in [-0.15, -0.1) is 0 Å². The molecule has 11 nitrogen and oxygen atoms in total. The molecule has 0 saturated heterocycles. The van der Waals surface area contributed by atoms with Gasteiger partial charge in [-0.2, -0.15) is 0 Å². The van der Waals surface area contributed by atoms with Crippen molar-refractivity contribution in [1.29, 1.82) is 0 Å². The monoisotopic (exact) mass is 438 g/mol. The normalized spacial score (nSPS) is 13.3. The first kappa shape index (κ1) is 25.7. The van der Waals surface area contributed by atoms with E-state index in [2.05, 4.69) is 16.0 Å². The third kappa shape index (κ3) is 8.13. The van der Waals surface area contributed by atoms with Crippen molar-refractivity contribution in [2.75, 3.05) is 27.7 Å². The number of nitrogens with one attached hydrogen (secondary N) is 3. The molecule has 3 atom stereocenters. The summed E-state index contributed by atoms with van der Waals surface area (Å²) in [6.07, 6.45) is -2.26. The molecule has 0 spiro atoms. The SMILES string of the molecule is CCCC(NC(=O)O)C(O)C(=O)NCC(=O)N[C@H](C(=O)N(C)C)c1ccc(OC)cc1. The van der Waals surface area contributed by atoms with Gasteiger partial charge >= 0.3 is 6.09 Å². The maximum absolute atomic E-state index is 12.5. The first-order chi connectivity index (χ1) is 14.6. The van der Waals surface area contributed by atoms with E-state index < -0.39 is 42.6 Å². The van der Waals surface area contributed by atoms with Gasteiger partial charge in [0.15, 0.2) is 6.10 Å². The average molecular weight is 438 g/mol. The Morgan fingerprint density at radius 3 is 2.19 bits per heavy atom. The molecule has 0 radical (unpaired) electrons. The van der Waals surface area contributed by atoms with Crippen LogP contribution < -0.4 is 20.7 Å². The number of carboxylic acid groups (broad SMARTS) is 1. The van der Waals surface area contributed by atoms with Crippen molar-refractivity contribution in [3.05, 3.63) is 29.8 Å². The minimum absolute atomic E-state index is 0.240. The average Bonchev–Trinajstić information content (AvgIpc) is 2.74. The molecule has 0 heterocycles. The summed E-state index contributed by atoms with van der Waals surface area (Å²) in [5, 5.41) is 25.8. The number of amides is 4. The van der Waals surface area contributed by atoms with Crippen molar-refractivity contribution in [3.63, 3.8) is 0 Å². The molecule has 172 valence electrons. The number of likely N-dealkylation sites (N-methyl/N-ethyl adjacent to an activating group) is 1. The highest BCUT2D eigenvalue weighted by atomic mass is 16.5. The van der Waals surface area contributed by atoms with Crippen molar-refractivity contribution in [1.82, 2.24) is 20.9 Å². The number of carbonyl (C=O) groups is 4. The molecule has 0 saturated carbocycles. The second-order valence-corrected chi connectivity index (χ2v) is 7.01. The van der Waals surface area contributed by atoms with E-state index in [1.54, 1.807) is 45.3 Å². The number of nitrogens with zero attached hydrogens (tertiary/aromatic N) is 1. The number of rotatable bonds is 11. The second-order valence-electron chi connectivity index (χ2n) is 7.01. The summed E-state index contributed by atoms with van der Waals surface area (Å²) >= 11 is 0. The number of hydrogen-bond acceptors (Lipinski definition) is 6. The highest BCUT2D eigenvalue weighted by Gasteiger charge is 2.28. The molecular weight excluding hydrogens is 408 g/mol. The standard InChI is InChI=1S/C20H30N4O7/c1-5-6-14(22-20(29)30)17(26)18(27)21-11-15(25)23-16(19(28)24(2)3)12-7-9-13(31-4)10-8-12/h7-10,14,16-17,22,26H,5-6,11H2,1-4H3,(H,21,27)(H,23,25)(H,29,30)/t14?,16-,17?/m0/s1. The van der Waals surface area contributed by atoms with Crippen LogP contribution in [0.1, 0.15) is 31.4 Å². The lowest BCUT2D eigenvalue weighted by atomic mass is 10.0. The number of hydrogen-bond donors (Lipinski definition) is 5. The molecule has 0 aliphatic rings. The van der Waals surface area contributed by atoms with Crippen LogP contribution in [0.5, 0.6) is 5.75 Å². The molecule has 0 aromatic heterocycles. The highest BCUT2D eigenvalue weighted by Crippen LogP contribution is 2.19. The maximum atomic E-state index is 12.5. The van der Waals surface area contributed by atoms with Gasteiger partial charge in [0.25, 0.3) is 5.91 Å². The predicted octanol–water partition coefficient (Wildman–Crippen LogP) is -0.146. The van der Waals surface area contributed by atoms with Gasteiger partial charge in [0.1, 0.15) is 11.8 Å². The van der Waals surface area contributed by atoms with E-state index in [0.29, 0.717) is 17.7 Å². The van der Waals surface area contributed by atoms with Gasteiger partial charge in [-0.25, -0.2) is 4.79 Å². The quantitative estimate of drug-likeness (QED) is 0.322. The first-order valence-electron chi connectivity index (χ1n) is 9.70. The summed E-state index contributed by atoms with van der Waals surface area (Å²) in [5.41, 5.74) is 0.521. The van der Waals surface area contributed by atoms with Crippen LogP contribution in [-0.4, -0.2) is 78.8 Å². The molecule has 11 heteroatoms. The summed E-state index contributed by atoms with van der Waals surface area (Å²) in [4.78, 5) is 49.2. The Hall–Kier alpha value is -3.34. The van der Waals surface area contributed by atoms with Gasteiger partial charge in [-0.05, 0) is 24.1 Å². The molecule has 1 aromatic rings. The topological polar surface area (TPSA) is 157 Å². The van der Waals surface area contributed by atoms with Crippen LogP contribution in [0.3, 0.4) is 0 Å². The Kier molecular flexibility index (Phi) is 10.3. The fourth-order valence-electron chi connectivity index (χ4n) is 2.79. The second kappa shape index (κ2) is 12.4. The molecule has 1 rings (SSSR count). The van der Waals surface area contributed by atoms with Gasteiger partial charge < -0.3 is 35.8 Å². The van der Waals surface area contributed by atoms with Crippen molar-refractivity contribution in [3.8, 4) is 5.75 Å². The molecule has 2 unspecified atom stereocenters. The number of carbonyl (C=O) groups excluding carboxylic acids is 3. The lowest BCUT2D eigenvalue weighted by Gasteiger charge is -2.23. The summed E-state index contributed by atoms with van der Waals surface area (Å²) in [6.45, 7) is 1.27. The number of methoxy groups -OCH3 is 1. The zero-order valence-corrected chi connectivity index (χ0v) is 18.0. The predicted molar refractivity (Wildman–Crippen MR) is 111 cm³/mol. The molecule has 1 aromatic carbocycles. The zero-order chi connectivity index (χ0) is 23.6. The van der Waals surface area contributed by atoms with Gasteiger partial charge in [-0.1, -0.05) is 25.5 Å². The van der Waals surface area contributed by atoms with Gasteiger partial charge in [0.2, 0.25) is 11.8 Å². The Balaban J connectivity index is 2.79. The smallest absolute Gasteiger partial charge is 0.404 e. The van der Waals surface area contributed by atoms with Crippen LogP contribution in [0, 0.1) is 0 Å². The Labute approximate surface area is 180 Å². The summed E-state index contributed by atoms with van der Waals surface area (Å²) in [7, 11) is 4.60. The first-order valence-corrected chi connectivity index (χ1v) is 9.70. The van der Waals surface area contributed by atoms with Crippen LogP contribution in [0.25, 0.3) is 0 Å². The minimum Gasteiger partial charge on any atom is -0.497 e. The van der Waals surface area contributed by atoms with Crippen LogP contribution in [0.2, 0.25) is 0 Å².